The summed E-state index contributed by atoms with van der Waals surface area (Å²) in [6.45, 7) is 7.12. The number of nitrogens with zero attached hydrogens (tertiary/aromatic N) is 3. The van der Waals surface area contributed by atoms with Crippen molar-refractivity contribution in [1.82, 2.24) is 9.80 Å². The van der Waals surface area contributed by atoms with Gasteiger partial charge in [0.2, 0.25) is 5.91 Å². The average molecular weight is 515 g/mol. The maximum absolute atomic E-state index is 13.7. The van der Waals surface area contributed by atoms with Crippen molar-refractivity contribution < 1.29 is 13.6 Å². The molecule has 0 saturated carbocycles. The van der Waals surface area contributed by atoms with E-state index in [-0.39, 0.29) is 23.7 Å². The van der Waals surface area contributed by atoms with Gasteiger partial charge in [0.05, 0.1) is 18.2 Å². The molecule has 0 bridgehead atoms. The van der Waals surface area contributed by atoms with Crippen LogP contribution in [0.1, 0.15) is 43.4 Å². The Morgan fingerprint density at radius 3 is 2.39 bits per heavy atom. The summed E-state index contributed by atoms with van der Waals surface area (Å²) < 4.78 is 27.3. The number of nitrogens with one attached hydrogen (secondary N) is 1. The van der Waals surface area contributed by atoms with Gasteiger partial charge in [0, 0.05) is 43.0 Å². The SMILES string of the molecule is CC(C)N1CCC2(CC1)c1ccc(-c3cccc(C#N)c3)cc1CCN2CC(=O)Nc1cc(F)cc(F)c1. The van der Waals surface area contributed by atoms with Gasteiger partial charge in [0.25, 0.3) is 0 Å². The first-order valence-electron chi connectivity index (χ1n) is 13.2. The Hall–Kier alpha value is -3.60. The lowest BCUT2D eigenvalue weighted by Gasteiger charge is -2.53. The first-order valence-corrected chi connectivity index (χ1v) is 13.2. The molecule has 0 radical (unpaired) electrons. The van der Waals surface area contributed by atoms with Crippen LogP contribution in [0.5, 0.6) is 0 Å². The third-order valence-corrected chi connectivity index (χ3v) is 8.02. The van der Waals surface area contributed by atoms with E-state index >= 15 is 0 Å². The maximum Gasteiger partial charge on any atom is 0.238 e. The third kappa shape index (κ3) is 5.20. The second kappa shape index (κ2) is 10.6. The van der Waals surface area contributed by atoms with E-state index in [0.717, 1.165) is 61.7 Å². The summed E-state index contributed by atoms with van der Waals surface area (Å²) >= 11 is 0. The largest absolute Gasteiger partial charge is 0.325 e. The molecule has 1 amide bonds. The van der Waals surface area contributed by atoms with Gasteiger partial charge < -0.3 is 10.2 Å². The molecule has 1 saturated heterocycles. The Kier molecular flexibility index (Phi) is 7.29. The average Bonchev–Trinajstić information content (AvgIpc) is 2.90. The summed E-state index contributed by atoms with van der Waals surface area (Å²) in [6, 6.07) is 19.9. The number of nitriles is 1. The highest BCUT2D eigenvalue weighted by atomic mass is 19.1. The van der Waals surface area contributed by atoms with Crippen molar-refractivity contribution in [1.29, 1.82) is 5.26 Å². The monoisotopic (exact) mass is 514 g/mol. The van der Waals surface area contributed by atoms with Crippen molar-refractivity contribution in [2.45, 2.75) is 44.7 Å². The number of amides is 1. The number of anilines is 1. The van der Waals surface area contributed by atoms with Crippen molar-refractivity contribution in [2.24, 2.45) is 0 Å². The number of rotatable bonds is 5. The number of fused-ring (bicyclic) bond motifs is 2. The molecule has 1 spiro atoms. The molecule has 196 valence electrons. The molecule has 38 heavy (non-hydrogen) atoms. The number of carbonyl (C=O) groups is 1. The lowest BCUT2D eigenvalue weighted by molar-refractivity contribution is -0.120. The Morgan fingerprint density at radius 1 is 1.00 bits per heavy atom. The molecule has 3 aromatic rings. The van der Waals surface area contributed by atoms with E-state index in [9.17, 15) is 18.8 Å². The standard InChI is InChI=1S/C31H32F2N4O/c1-21(2)36-12-9-31(10-13-36)29-7-6-24(23-5-3-4-22(14-23)19-34)15-25(29)8-11-37(31)20-30(38)35-28-17-26(32)16-27(33)18-28/h3-7,14-18,21H,8-13,20H2,1-2H3,(H,35,38). The Morgan fingerprint density at radius 2 is 1.71 bits per heavy atom. The number of hydrogen-bond donors (Lipinski definition) is 1. The molecule has 2 aliphatic rings. The molecule has 5 rings (SSSR count). The van der Waals surface area contributed by atoms with Crippen molar-refractivity contribution in [2.75, 3.05) is 31.5 Å². The highest BCUT2D eigenvalue weighted by molar-refractivity contribution is 5.92. The molecule has 0 atom stereocenters. The van der Waals surface area contributed by atoms with Crippen LogP contribution in [0.4, 0.5) is 14.5 Å². The number of hydrogen-bond acceptors (Lipinski definition) is 4. The quantitative estimate of drug-likeness (QED) is 0.475. The van der Waals surface area contributed by atoms with Crippen LogP contribution in [-0.2, 0) is 16.8 Å². The molecule has 2 heterocycles. The Labute approximate surface area is 222 Å². The van der Waals surface area contributed by atoms with E-state index in [0.29, 0.717) is 18.2 Å². The number of halogens is 2. The maximum atomic E-state index is 13.7. The van der Waals surface area contributed by atoms with Crippen molar-refractivity contribution in [3.05, 3.63) is 89.0 Å². The van der Waals surface area contributed by atoms with Crippen LogP contribution in [0.2, 0.25) is 0 Å². The molecule has 2 aliphatic heterocycles. The molecule has 7 heteroatoms. The summed E-state index contributed by atoms with van der Waals surface area (Å²) in [5, 5.41) is 12.0. The van der Waals surface area contributed by atoms with E-state index in [1.807, 2.05) is 18.2 Å². The van der Waals surface area contributed by atoms with Crippen molar-refractivity contribution >= 4 is 11.6 Å². The Bertz CT molecular complexity index is 1370. The molecule has 0 aromatic heterocycles. The molecule has 1 N–H and O–H groups in total. The minimum absolute atomic E-state index is 0.123. The zero-order valence-corrected chi connectivity index (χ0v) is 21.8. The van der Waals surface area contributed by atoms with E-state index < -0.39 is 11.6 Å². The topological polar surface area (TPSA) is 59.4 Å². The molecule has 0 unspecified atom stereocenters. The number of benzene rings is 3. The van der Waals surface area contributed by atoms with Gasteiger partial charge in [-0.05, 0) is 79.6 Å². The molecule has 5 nitrogen and oxygen atoms in total. The molecule has 3 aromatic carbocycles. The summed E-state index contributed by atoms with van der Waals surface area (Å²) in [6.07, 6.45) is 2.57. The van der Waals surface area contributed by atoms with Gasteiger partial charge >= 0.3 is 0 Å². The molecule has 1 fully saturated rings. The fraction of sp³-hybridized carbons (Fsp3) is 0.355. The first-order chi connectivity index (χ1) is 18.3. The lowest BCUT2D eigenvalue weighted by atomic mass is 9.73. The van der Waals surface area contributed by atoms with Crippen LogP contribution in [0, 0.1) is 23.0 Å². The fourth-order valence-electron chi connectivity index (χ4n) is 6.07. The van der Waals surface area contributed by atoms with Crippen molar-refractivity contribution in [3.63, 3.8) is 0 Å². The molecular weight excluding hydrogens is 482 g/mol. The van der Waals surface area contributed by atoms with Crippen LogP contribution in [0.25, 0.3) is 11.1 Å². The van der Waals surface area contributed by atoms with E-state index in [4.69, 9.17) is 0 Å². The van der Waals surface area contributed by atoms with Crippen LogP contribution < -0.4 is 5.32 Å². The molecule has 0 aliphatic carbocycles. The van der Waals surface area contributed by atoms with E-state index in [1.165, 1.54) is 11.1 Å². The smallest absolute Gasteiger partial charge is 0.238 e. The fourth-order valence-corrected chi connectivity index (χ4v) is 6.07. The van der Waals surface area contributed by atoms with Gasteiger partial charge in [-0.1, -0.05) is 30.3 Å². The zero-order valence-electron chi connectivity index (χ0n) is 21.8. The molecular formula is C31H32F2N4O. The second-order valence-electron chi connectivity index (χ2n) is 10.6. The van der Waals surface area contributed by atoms with Gasteiger partial charge in [0.15, 0.2) is 0 Å². The predicted octanol–water partition coefficient (Wildman–Crippen LogP) is 5.70. The third-order valence-electron chi connectivity index (χ3n) is 8.02. The van der Waals surface area contributed by atoms with Crippen LogP contribution in [0.15, 0.2) is 60.7 Å². The van der Waals surface area contributed by atoms with Gasteiger partial charge in [-0.2, -0.15) is 5.26 Å². The highest BCUT2D eigenvalue weighted by Gasteiger charge is 2.45. The van der Waals surface area contributed by atoms with E-state index in [2.05, 4.69) is 53.2 Å². The minimum atomic E-state index is -0.721. The number of piperidine rings is 1. The Balaban J connectivity index is 1.45. The number of carbonyl (C=O) groups excluding carboxylic acids is 1. The normalized spacial score (nSPS) is 17.3. The summed E-state index contributed by atoms with van der Waals surface area (Å²) in [7, 11) is 0. The zero-order chi connectivity index (χ0) is 26.9. The van der Waals surface area contributed by atoms with Gasteiger partial charge in [0.1, 0.15) is 11.6 Å². The van der Waals surface area contributed by atoms with Crippen LogP contribution >= 0.6 is 0 Å². The van der Waals surface area contributed by atoms with Crippen LogP contribution in [0.3, 0.4) is 0 Å². The van der Waals surface area contributed by atoms with Gasteiger partial charge in [-0.3, -0.25) is 9.69 Å². The minimum Gasteiger partial charge on any atom is -0.325 e. The van der Waals surface area contributed by atoms with Gasteiger partial charge in [-0.15, -0.1) is 0 Å². The van der Waals surface area contributed by atoms with Crippen molar-refractivity contribution in [3.8, 4) is 17.2 Å². The summed E-state index contributed by atoms with van der Waals surface area (Å²) in [4.78, 5) is 17.8. The van der Waals surface area contributed by atoms with E-state index in [1.54, 1.807) is 6.07 Å². The predicted molar refractivity (Wildman–Crippen MR) is 144 cm³/mol. The first kappa shape index (κ1) is 26.0. The summed E-state index contributed by atoms with van der Waals surface area (Å²) in [5.74, 6) is -1.73. The highest BCUT2D eigenvalue weighted by Crippen LogP contribution is 2.44. The summed E-state index contributed by atoms with van der Waals surface area (Å²) in [5.41, 5.74) is 5.07. The number of likely N-dealkylation sites (tertiary alicyclic amines) is 1. The van der Waals surface area contributed by atoms with Gasteiger partial charge in [-0.25, -0.2) is 8.78 Å². The second-order valence-corrected chi connectivity index (χ2v) is 10.6. The van der Waals surface area contributed by atoms with Crippen LogP contribution in [-0.4, -0.2) is 47.9 Å². The lowest BCUT2D eigenvalue weighted by Crippen LogP contribution is -2.58.